The van der Waals surface area contributed by atoms with Crippen molar-refractivity contribution in [2.75, 3.05) is 0 Å². The van der Waals surface area contributed by atoms with Crippen LogP contribution in [0.15, 0.2) is 30.3 Å². The van der Waals surface area contributed by atoms with Crippen molar-refractivity contribution in [1.82, 2.24) is 5.32 Å². The zero-order valence-electron chi connectivity index (χ0n) is 7.45. The topological polar surface area (TPSA) is 49.3 Å². The van der Waals surface area contributed by atoms with E-state index in [1.54, 1.807) is 6.07 Å². The van der Waals surface area contributed by atoms with E-state index in [-0.39, 0.29) is 5.56 Å². The molecule has 1 aromatic rings. The first-order valence-corrected chi connectivity index (χ1v) is 4.02. The van der Waals surface area contributed by atoms with Crippen LogP contribution in [0.1, 0.15) is 10.4 Å². The second-order valence-corrected chi connectivity index (χ2v) is 2.78. The SMILES string of the molecule is O=C(NC(O)C(F)(F)F)c1ccccc1. The molecular formula is C9H8F3NO2. The second-order valence-electron chi connectivity index (χ2n) is 2.78. The summed E-state index contributed by atoms with van der Waals surface area (Å²) >= 11 is 0. The first-order valence-electron chi connectivity index (χ1n) is 4.02. The molecule has 1 rings (SSSR count). The molecule has 1 atom stereocenters. The summed E-state index contributed by atoms with van der Waals surface area (Å²) in [5.41, 5.74) is 0.0563. The third-order valence-electron chi connectivity index (χ3n) is 1.61. The molecule has 0 aliphatic heterocycles. The number of amides is 1. The predicted octanol–water partition coefficient (Wildman–Crippen LogP) is 1.30. The van der Waals surface area contributed by atoms with E-state index < -0.39 is 18.3 Å². The molecule has 0 spiro atoms. The Labute approximate surface area is 83.5 Å². The number of aliphatic hydroxyl groups excluding tert-OH is 1. The highest BCUT2D eigenvalue weighted by Crippen LogP contribution is 2.18. The Bertz CT molecular complexity index is 337. The summed E-state index contributed by atoms with van der Waals surface area (Å²) < 4.78 is 35.6. The van der Waals surface area contributed by atoms with Gasteiger partial charge in [0.15, 0.2) is 0 Å². The van der Waals surface area contributed by atoms with Gasteiger partial charge in [-0.25, -0.2) is 0 Å². The van der Waals surface area contributed by atoms with E-state index >= 15 is 0 Å². The van der Waals surface area contributed by atoms with Gasteiger partial charge in [0.1, 0.15) is 0 Å². The number of nitrogens with one attached hydrogen (secondary N) is 1. The number of alkyl halides is 3. The molecule has 2 N–H and O–H groups in total. The van der Waals surface area contributed by atoms with Crippen LogP contribution in [0.25, 0.3) is 0 Å². The summed E-state index contributed by atoms with van der Waals surface area (Å²) in [7, 11) is 0. The van der Waals surface area contributed by atoms with Gasteiger partial charge < -0.3 is 10.4 Å². The third-order valence-corrected chi connectivity index (χ3v) is 1.61. The van der Waals surface area contributed by atoms with Crippen LogP contribution in [-0.4, -0.2) is 23.4 Å². The summed E-state index contributed by atoms with van der Waals surface area (Å²) in [6.45, 7) is 0. The summed E-state index contributed by atoms with van der Waals surface area (Å²) in [5.74, 6) is -0.972. The average Bonchev–Trinajstić information content (AvgIpc) is 2.17. The van der Waals surface area contributed by atoms with E-state index in [4.69, 9.17) is 5.11 Å². The van der Waals surface area contributed by atoms with Gasteiger partial charge in [-0.2, -0.15) is 13.2 Å². The van der Waals surface area contributed by atoms with Gasteiger partial charge in [-0.15, -0.1) is 0 Å². The minimum absolute atomic E-state index is 0.0563. The lowest BCUT2D eigenvalue weighted by atomic mass is 10.2. The van der Waals surface area contributed by atoms with Crippen molar-refractivity contribution in [3.63, 3.8) is 0 Å². The molecule has 0 aliphatic rings. The monoisotopic (exact) mass is 219 g/mol. The number of benzene rings is 1. The van der Waals surface area contributed by atoms with Crippen LogP contribution in [0.2, 0.25) is 0 Å². The Morgan fingerprint density at radius 1 is 1.27 bits per heavy atom. The molecule has 1 amide bonds. The van der Waals surface area contributed by atoms with Gasteiger partial charge in [-0.3, -0.25) is 4.79 Å². The zero-order valence-corrected chi connectivity index (χ0v) is 7.45. The standard InChI is InChI=1S/C9H8F3NO2/c10-9(11,12)8(15)13-7(14)6-4-2-1-3-5-6/h1-5,8,15H,(H,13,14). The predicted molar refractivity (Wildman–Crippen MR) is 46.0 cm³/mol. The molecule has 15 heavy (non-hydrogen) atoms. The molecule has 0 heterocycles. The van der Waals surface area contributed by atoms with Crippen LogP contribution in [0.3, 0.4) is 0 Å². The summed E-state index contributed by atoms with van der Waals surface area (Å²) in [6, 6.07) is 7.33. The summed E-state index contributed by atoms with van der Waals surface area (Å²) in [5, 5.41) is 9.99. The van der Waals surface area contributed by atoms with Gasteiger partial charge >= 0.3 is 6.18 Å². The Kier molecular flexibility index (Phi) is 3.31. The van der Waals surface area contributed by atoms with Crippen LogP contribution >= 0.6 is 0 Å². The third kappa shape index (κ3) is 3.25. The van der Waals surface area contributed by atoms with E-state index in [9.17, 15) is 18.0 Å². The van der Waals surface area contributed by atoms with Gasteiger partial charge in [0.05, 0.1) is 0 Å². The van der Waals surface area contributed by atoms with Gasteiger partial charge in [0.25, 0.3) is 5.91 Å². The Morgan fingerprint density at radius 2 is 1.80 bits per heavy atom. The maximum atomic E-state index is 11.9. The van der Waals surface area contributed by atoms with Crippen molar-refractivity contribution in [2.45, 2.75) is 12.4 Å². The highest BCUT2D eigenvalue weighted by atomic mass is 19.4. The first-order chi connectivity index (χ1) is 6.91. The molecule has 0 aliphatic carbocycles. The van der Waals surface area contributed by atoms with Crippen LogP contribution < -0.4 is 5.32 Å². The molecule has 6 heteroatoms. The maximum absolute atomic E-state index is 11.9. The number of aliphatic hydroxyl groups is 1. The first kappa shape index (κ1) is 11.5. The van der Waals surface area contributed by atoms with Crippen molar-refractivity contribution in [3.05, 3.63) is 35.9 Å². The van der Waals surface area contributed by atoms with Crippen LogP contribution in [-0.2, 0) is 0 Å². The fraction of sp³-hybridized carbons (Fsp3) is 0.222. The van der Waals surface area contributed by atoms with Gasteiger partial charge in [0, 0.05) is 5.56 Å². The molecule has 0 saturated heterocycles. The lowest BCUT2D eigenvalue weighted by Gasteiger charge is -2.15. The van der Waals surface area contributed by atoms with E-state index in [1.807, 2.05) is 0 Å². The molecule has 0 bridgehead atoms. The molecule has 3 nitrogen and oxygen atoms in total. The van der Waals surface area contributed by atoms with E-state index in [0.29, 0.717) is 0 Å². The normalized spacial score (nSPS) is 13.3. The number of hydrogen-bond donors (Lipinski definition) is 2. The smallest absolute Gasteiger partial charge is 0.366 e. The van der Waals surface area contributed by atoms with Crippen molar-refractivity contribution < 1.29 is 23.1 Å². The highest BCUT2D eigenvalue weighted by Gasteiger charge is 2.39. The minimum Gasteiger partial charge on any atom is -0.366 e. The lowest BCUT2D eigenvalue weighted by molar-refractivity contribution is -0.209. The average molecular weight is 219 g/mol. The van der Waals surface area contributed by atoms with Crippen LogP contribution in [0.4, 0.5) is 13.2 Å². The van der Waals surface area contributed by atoms with Crippen molar-refractivity contribution in [1.29, 1.82) is 0 Å². The van der Waals surface area contributed by atoms with Gasteiger partial charge in [-0.05, 0) is 12.1 Å². The summed E-state index contributed by atoms with van der Waals surface area (Å²) in [6.07, 6.45) is -7.70. The number of rotatable bonds is 2. The molecule has 0 aromatic heterocycles. The van der Waals surface area contributed by atoms with Crippen molar-refractivity contribution >= 4 is 5.91 Å². The maximum Gasteiger partial charge on any atom is 0.433 e. The Morgan fingerprint density at radius 3 is 2.27 bits per heavy atom. The van der Waals surface area contributed by atoms with Crippen molar-refractivity contribution in [3.8, 4) is 0 Å². The highest BCUT2D eigenvalue weighted by molar-refractivity contribution is 5.94. The van der Waals surface area contributed by atoms with Gasteiger partial charge in [-0.1, -0.05) is 18.2 Å². The van der Waals surface area contributed by atoms with E-state index in [0.717, 1.165) is 0 Å². The molecule has 1 unspecified atom stereocenters. The second kappa shape index (κ2) is 4.31. The van der Waals surface area contributed by atoms with E-state index in [2.05, 4.69) is 0 Å². The molecular weight excluding hydrogens is 211 g/mol. The molecule has 0 fully saturated rings. The molecule has 82 valence electrons. The summed E-state index contributed by atoms with van der Waals surface area (Å²) in [4.78, 5) is 11.1. The Hall–Kier alpha value is -1.56. The number of carbonyl (C=O) groups excluding carboxylic acids is 1. The minimum atomic E-state index is -4.86. The van der Waals surface area contributed by atoms with E-state index in [1.165, 1.54) is 29.6 Å². The van der Waals surface area contributed by atoms with Crippen LogP contribution in [0, 0.1) is 0 Å². The molecule has 0 radical (unpaired) electrons. The largest absolute Gasteiger partial charge is 0.433 e. The fourth-order valence-electron chi connectivity index (χ4n) is 0.879. The quantitative estimate of drug-likeness (QED) is 0.736. The molecule has 1 aromatic carbocycles. The van der Waals surface area contributed by atoms with Gasteiger partial charge in [0.2, 0.25) is 6.23 Å². The van der Waals surface area contributed by atoms with Crippen molar-refractivity contribution in [2.24, 2.45) is 0 Å². The number of hydrogen-bond acceptors (Lipinski definition) is 2. The lowest BCUT2D eigenvalue weighted by Crippen LogP contribution is -2.45. The number of halogens is 3. The zero-order chi connectivity index (χ0) is 11.5. The fourth-order valence-corrected chi connectivity index (χ4v) is 0.879. The molecule has 0 saturated carbocycles. The van der Waals surface area contributed by atoms with Crippen LogP contribution in [0.5, 0.6) is 0 Å². The Balaban J connectivity index is 2.65. The number of carbonyl (C=O) groups is 1.